The normalized spacial score (nSPS) is 13.2. The molecule has 2 aromatic carbocycles. The van der Waals surface area contributed by atoms with Gasteiger partial charge in [0.1, 0.15) is 5.75 Å². The van der Waals surface area contributed by atoms with E-state index < -0.39 is 0 Å². The molecule has 108 valence electrons. The van der Waals surface area contributed by atoms with E-state index in [1.54, 1.807) is 25.1 Å². The van der Waals surface area contributed by atoms with E-state index in [0.29, 0.717) is 11.1 Å². The average Bonchev–Trinajstić information content (AvgIpc) is 2.50. The van der Waals surface area contributed by atoms with Gasteiger partial charge in [-0.1, -0.05) is 6.07 Å². The average molecular weight is 282 g/mol. The highest BCUT2D eigenvalue weighted by molar-refractivity contribution is 6.05. The molecule has 1 aliphatic heterocycles. The van der Waals surface area contributed by atoms with E-state index in [-0.39, 0.29) is 11.7 Å². The smallest absolute Gasteiger partial charge is 0.255 e. The van der Waals surface area contributed by atoms with Crippen LogP contribution in [0.15, 0.2) is 36.4 Å². The highest BCUT2D eigenvalue weighted by Gasteiger charge is 2.15. The third-order valence-corrected chi connectivity index (χ3v) is 3.80. The predicted molar refractivity (Wildman–Crippen MR) is 84.0 cm³/mol. The highest BCUT2D eigenvalue weighted by Crippen LogP contribution is 2.29. The Morgan fingerprint density at radius 1 is 1.29 bits per heavy atom. The van der Waals surface area contributed by atoms with Gasteiger partial charge in [-0.15, -0.1) is 0 Å². The van der Waals surface area contributed by atoms with Crippen molar-refractivity contribution in [3.05, 3.63) is 53.1 Å². The number of aryl methyl sites for hydroxylation is 1. The molecule has 0 bridgehead atoms. The maximum Gasteiger partial charge on any atom is 0.255 e. The topological polar surface area (TPSA) is 61.4 Å². The van der Waals surface area contributed by atoms with Crippen LogP contribution in [0, 0.1) is 6.92 Å². The number of benzene rings is 2. The highest BCUT2D eigenvalue weighted by atomic mass is 16.3. The van der Waals surface area contributed by atoms with Crippen molar-refractivity contribution in [3.63, 3.8) is 0 Å². The number of phenolic OH excluding ortho intramolecular Hbond substituents is 1. The number of amides is 1. The van der Waals surface area contributed by atoms with Crippen molar-refractivity contribution in [3.8, 4) is 5.75 Å². The number of hydrogen-bond donors (Lipinski definition) is 3. The molecule has 1 aliphatic rings. The molecule has 0 fully saturated rings. The molecule has 0 aromatic heterocycles. The fourth-order valence-electron chi connectivity index (χ4n) is 2.62. The number of phenols is 1. The summed E-state index contributed by atoms with van der Waals surface area (Å²) in [7, 11) is 0. The van der Waals surface area contributed by atoms with Gasteiger partial charge < -0.3 is 15.7 Å². The van der Waals surface area contributed by atoms with Gasteiger partial charge in [-0.05, 0) is 61.2 Å². The van der Waals surface area contributed by atoms with Crippen LogP contribution in [-0.2, 0) is 6.42 Å². The summed E-state index contributed by atoms with van der Waals surface area (Å²) in [5.41, 5.74) is 4.36. The van der Waals surface area contributed by atoms with Gasteiger partial charge in [0.15, 0.2) is 0 Å². The monoisotopic (exact) mass is 282 g/mol. The van der Waals surface area contributed by atoms with Crippen molar-refractivity contribution in [1.29, 1.82) is 0 Å². The first-order valence-electron chi connectivity index (χ1n) is 7.12. The molecule has 1 heterocycles. The van der Waals surface area contributed by atoms with E-state index >= 15 is 0 Å². The van der Waals surface area contributed by atoms with Crippen molar-refractivity contribution in [2.24, 2.45) is 0 Å². The molecule has 3 N–H and O–H groups in total. The van der Waals surface area contributed by atoms with Crippen LogP contribution >= 0.6 is 0 Å². The first-order valence-corrected chi connectivity index (χ1v) is 7.12. The van der Waals surface area contributed by atoms with Gasteiger partial charge in [-0.2, -0.15) is 0 Å². The Morgan fingerprint density at radius 3 is 2.95 bits per heavy atom. The number of rotatable bonds is 2. The maximum atomic E-state index is 12.4. The quantitative estimate of drug-likeness (QED) is 0.792. The Labute approximate surface area is 123 Å². The lowest BCUT2D eigenvalue weighted by molar-refractivity contribution is 0.102. The molecular weight excluding hydrogens is 264 g/mol. The zero-order valence-corrected chi connectivity index (χ0v) is 11.9. The van der Waals surface area contributed by atoms with Gasteiger partial charge in [0, 0.05) is 23.5 Å². The van der Waals surface area contributed by atoms with Gasteiger partial charge in [-0.3, -0.25) is 4.79 Å². The first-order chi connectivity index (χ1) is 10.1. The Morgan fingerprint density at radius 2 is 2.14 bits per heavy atom. The molecule has 2 aromatic rings. The second-order valence-corrected chi connectivity index (χ2v) is 5.32. The molecule has 21 heavy (non-hydrogen) atoms. The minimum atomic E-state index is -0.155. The molecule has 0 aliphatic carbocycles. The number of fused-ring (bicyclic) bond motifs is 1. The molecule has 1 amide bonds. The molecule has 0 radical (unpaired) electrons. The minimum absolute atomic E-state index is 0.155. The number of anilines is 2. The second-order valence-electron chi connectivity index (χ2n) is 5.32. The van der Waals surface area contributed by atoms with Gasteiger partial charge in [0.2, 0.25) is 0 Å². The minimum Gasteiger partial charge on any atom is -0.508 e. The Bertz CT molecular complexity index is 695. The first kappa shape index (κ1) is 13.5. The number of nitrogens with one attached hydrogen (secondary N) is 2. The standard InChI is InChI=1S/C17H18N2O2/c1-11-10-12(7-8-16(11)20)17(21)19-15-6-2-5-14-13(15)4-3-9-18-14/h2,5-8,10,18,20H,3-4,9H2,1H3,(H,19,21). The van der Waals surface area contributed by atoms with Gasteiger partial charge in [0.05, 0.1) is 0 Å². The van der Waals surface area contributed by atoms with Crippen LogP contribution < -0.4 is 10.6 Å². The molecule has 3 rings (SSSR count). The third kappa shape index (κ3) is 2.70. The van der Waals surface area contributed by atoms with E-state index in [9.17, 15) is 9.90 Å². The number of carbonyl (C=O) groups is 1. The van der Waals surface area contributed by atoms with E-state index in [1.807, 2.05) is 18.2 Å². The fourth-order valence-corrected chi connectivity index (χ4v) is 2.62. The predicted octanol–water partition coefficient (Wildman–Crippen LogP) is 3.31. The summed E-state index contributed by atoms with van der Waals surface area (Å²) in [6, 6.07) is 10.8. The summed E-state index contributed by atoms with van der Waals surface area (Å²) in [5.74, 6) is 0.0462. The van der Waals surface area contributed by atoms with Crippen molar-refractivity contribution in [2.75, 3.05) is 17.2 Å². The zero-order chi connectivity index (χ0) is 14.8. The van der Waals surface area contributed by atoms with E-state index in [2.05, 4.69) is 10.6 Å². The lowest BCUT2D eigenvalue weighted by Crippen LogP contribution is -2.17. The van der Waals surface area contributed by atoms with Crippen LogP contribution in [0.4, 0.5) is 11.4 Å². The number of hydrogen-bond acceptors (Lipinski definition) is 3. The van der Waals surface area contributed by atoms with Crippen LogP contribution in [0.2, 0.25) is 0 Å². The van der Waals surface area contributed by atoms with Crippen molar-refractivity contribution in [1.82, 2.24) is 0 Å². The van der Waals surface area contributed by atoms with Crippen LogP contribution in [0.25, 0.3) is 0 Å². The van der Waals surface area contributed by atoms with Gasteiger partial charge in [-0.25, -0.2) is 0 Å². The summed E-state index contributed by atoms with van der Waals surface area (Å²) in [5, 5.41) is 15.9. The Balaban J connectivity index is 1.86. The number of carbonyl (C=O) groups excluding carboxylic acids is 1. The molecule has 4 nitrogen and oxygen atoms in total. The lowest BCUT2D eigenvalue weighted by atomic mass is 10.0. The van der Waals surface area contributed by atoms with Gasteiger partial charge >= 0.3 is 0 Å². The van der Waals surface area contributed by atoms with E-state index in [0.717, 1.165) is 36.3 Å². The summed E-state index contributed by atoms with van der Waals surface area (Å²) < 4.78 is 0. The van der Waals surface area contributed by atoms with Crippen molar-refractivity contribution in [2.45, 2.75) is 19.8 Å². The van der Waals surface area contributed by atoms with Crippen LogP contribution in [0.1, 0.15) is 27.9 Å². The molecule has 0 saturated carbocycles. The van der Waals surface area contributed by atoms with Crippen molar-refractivity contribution < 1.29 is 9.90 Å². The molecule has 0 atom stereocenters. The van der Waals surface area contributed by atoms with Crippen molar-refractivity contribution >= 4 is 17.3 Å². The number of aromatic hydroxyl groups is 1. The third-order valence-electron chi connectivity index (χ3n) is 3.80. The zero-order valence-electron chi connectivity index (χ0n) is 11.9. The molecular formula is C17H18N2O2. The lowest BCUT2D eigenvalue weighted by Gasteiger charge is -2.21. The second kappa shape index (κ2) is 5.48. The summed E-state index contributed by atoms with van der Waals surface area (Å²) >= 11 is 0. The van der Waals surface area contributed by atoms with Crippen LogP contribution in [-0.4, -0.2) is 17.6 Å². The van der Waals surface area contributed by atoms with E-state index in [1.165, 1.54) is 0 Å². The Hall–Kier alpha value is -2.49. The molecule has 0 spiro atoms. The summed E-state index contributed by atoms with van der Waals surface area (Å²) in [4.78, 5) is 12.4. The molecule has 4 heteroatoms. The van der Waals surface area contributed by atoms with Gasteiger partial charge in [0.25, 0.3) is 5.91 Å². The SMILES string of the molecule is Cc1cc(C(=O)Nc2cccc3c2CCCN3)ccc1O. The molecule has 0 saturated heterocycles. The van der Waals surface area contributed by atoms with E-state index in [4.69, 9.17) is 0 Å². The summed E-state index contributed by atoms with van der Waals surface area (Å²) in [6.07, 6.45) is 2.03. The van der Waals surface area contributed by atoms with Crippen LogP contribution in [0.5, 0.6) is 5.75 Å². The fraction of sp³-hybridized carbons (Fsp3) is 0.235. The Kier molecular flexibility index (Phi) is 3.52. The van der Waals surface area contributed by atoms with Crippen LogP contribution in [0.3, 0.4) is 0 Å². The molecule has 0 unspecified atom stereocenters. The maximum absolute atomic E-state index is 12.4. The summed E-state index contributed by atoms with van der Waals surface area (Å²) in [6.45, 7) is 2.75. The largest absolute Gasteiger partial charge is 0.508 e.